The predicted octanol–water partition coefficient (Wildman–Crippen LogP) is 3.50. The summed E-state index contributed by atoms with van der Waals surface area (Å²) in [5, 5.41) is 0. The van der Waals surface area contributed by atoms with E-state index in [4.69, 9.17) is 0 Å². The molecular formula is C11H10BrNOS. The highest BCUT2D eigenvalue weighted by Gasteiger charge is 2.47. The van der Waals surface area contributed by atoms with E-state index in [1.54, 1.807) is 17.8 Å². The van der Waals surface area contributed by atoms with Gasteiger partial charge in [-0.3, -0.25) is 0 Å². The van der Waals surface area contributed by atoms with Crippen molar-refractivity contribution in [3.63, 3.8) is 0 Å². The Kier molecular flexibility index (Phi) is 3.01. The van der Waals surface area contributed by atoms with Crippen molar-refractivity contribution in [1.82, 2.24) is 0 Å². The summed E-state index contributed by atoms with van der Waals surface area (Å²) in [5.74, 6) is 0. The van der Waals surface area contributed by atoms with E-state index >= 15 is 0 Å². The largest absolute Gasteiger partial charge is 0.235 e. The van der Waals surface area contributed by atoms with E-state index in [1.807, 2.05) is 18.4 Å². The van der Waals surface area contributed by atoms with E-state index in [0.29, 0.717) is 0 Å². The first-order chi connectivity index (χ1) is 7.23. The number of nitrogens with zero attached hydrogens (tertiary/aromatic N) is 1. The highest BCUT2D eigenvalue weighted by Crippen LogP contribution is 2.53. The second-order valence-electron chi connectivity index (χ2n) is 3.55. The smallest absolute Gasteiger partial charge is 0.211 e. The molecule has 1 aliphatic rings. The van der Waals surface area contributed by atoms with Crippen LogP contribution in [0.1, 0.15) is 18.4 Å². The third-order valence-electron chi connectivity index (χ3n) is 2.64. The van der Waals surface area contributed by atoms with Crippen LogP contribution in [0, 0.1) is 0 Å². The van der Waals surface area contributed by atoms with Crippen molar-refractivity contribution in [3.05, 3.63) is 28.2 Å². The van der Waals surface area contributed by atoms with Gasteiger partial charge in [0.05, 0.1) is 0 Å². The number of isocyanates is 1. The standard InChI is InChI=1S/C11H10BrNOS/c1-15-9-4-2-3-8(12)10(9)11(5-6-11)13-7-14/h2-4H,5-6H2,1H3. The zero-order valence-corrected chi connectivity index (χ0v) is 10.7. The Morgan fingerprint density at radius 1 is 1.53 bits per heavy atom. The van der Waals surface area contributed by atoms with Crippen LogP contribution in [0.4, 0.5) is 0 Å². The van der Waals surface area contributed by atoms with Gasteiger partial charge in [0.25, 0.3) is 0 Å². The topological polar surface area (TPSA) is 29.4 Å². The zero-order chi connectivity index (χ0) is 10.9. The highest BCUT2D eigenvalue weighted by molar-refractivity contribution is 9.10. The molecule has 0 aromatic heterocycles. The molecule has 0 spiro atoms. The van der Waals surface area contributed by atoms with Gasteiger partial charge < -0.3 is 0 Å². The Morgan fingerprint density at radius 2 is 2.27 bits per heavy atom. The Morgan fingerprint density at radius 3 is 2.80 bits per heavy atom. The van der Waals surface area contributed by atoms with Crippen LogP contribution in [0.5, 0.6) is 0 Å². The number of aliphatic imine (C=N–C) groups is 1. The number of halogens is 1. The molecule has 1 aromatic rings. The van der Waals surface area contributed by atoms with Crippen molar-refractivity contribution in [2.45, 2.75) is 23.3 Å². The van der Waals surface area contributed by atoms with E-state index in [9.17, 15) is 4.79 Å². The van der Waals surface area contributed by atoms with E-state index in [1.165, 1.54) is 4.90 Å². The van der Waals surface area contributed by atoms with Crippen molar-refractivity contribution in [2.75, 3.05) is 6.26 Å². The van der Waals surface area contributed by atoms with Gasteiger partial charge in [-0.1, -0.05) is 22.0 Å². The summed E-state index contributed by atoms with van der Waals surface area (Å²) >= 11 is 5.21. The van der Waals surface area contributed by atoms with Gasteiger partial charge in [0.15, 0.2) is 0 Å². The Bertz CT molecular complexity index is 436. The van der Waals surface area contributed by atoms with Gasteiger partial charge in [0, 0.05) is 14.9 Å². The molecule has 0 unspecified atom stereocenters. The molecule has 0 N–H and O–H groups in total. The monoisotopic (exact) mass is 283 g/mol. The molecule has 78 valence electrons. The summed E-state index contributed by atoms with van der Waals surface area (Å²) in [6.45, 7) is 0. The van der Waals surface area contributed by atoms with Crippen LogP contribution in [0.2, 0.25) is 0 Å². The third-order valence-corrected chi connectivity index (χ3v) is 4.08. The number of carbonyl (C=O) groups excluding carboxylic acids is 1. The van der Waals surface area contributed by atoms with Crippen molar-refractivity contribution in [1.29, 1.82) is 0 Å². The minimum Gasteiger partial charge on any atom is -0.211 e. The first-order valence-electron chi connectivity index (χ1n) is 4.65. The molecule has 0 aliphatic heterocycles. The minimum absolute atomic E-state index is 0.291. The Hall–Kier alpha value is -0.570. The van der Waals surface area contributed by atoms with Gasteiger partial charge in [-0.15, -0.1) is 11.8 Å². The average Bonchev–Trinajstić information content (AvgIpc) is 2.98. The van der Waals surface area contributed by atoms with E-state index in [-0.39, 0.29) is 5.54 Å². The van der Waals surface area contributed by atoms with Crippen LogP contribution in [0.25, 0.3) is 0 Å². The Balaban J connectivity index is 2.56. The van der Waals surface area contributed by atoms with Gasteiger partial charge >= 0.3 is 0 Å². The normalized spacial score (nSPS) is 16.9. The molecule has 0 atom stereocenters. The van der Waals surface area contributed by atoms with Crippen LogP contribution < -0.4 is 0 Å². The van der Waals surface area contributed by atoms with E-state index < -0.39 is 0 Å². The number of hydrogen-bond donors (Lipinski definition) is 0. The first kappa shape index (κ1) is 10.9. The molecule has 0 bridgehead atoms. The van der Waals surface area contributed by atoms with Crippen LogP contribution in [-0.4, -0.2) is 12.3 Å². The SMILES string of the molecule is CSc1cccc(Br)c1C1(N=C=O)CC1. The fraction of sp³-hybridized carbons (Fsp3) is 0.364. The maximum absolute atomic E-state index is 10.4. The van der Waals surface area contributed by atoms with Gasteiger partial charge in [-0.05, 0) is 31.2 Å². The molecule has 2 nitrogen and oxygen atoms in total. The molecule has 1 fully saturated rings. The summed E-state index contributed by atoms with van der Waals surface area (Å²) in [6, 6.07) is 6.06. The van der Waals surface area contributed by atoms with E-state index in [0.717, 1.165) is 22.9 Å². The lowest BCUT2D eigenvalue weighted by Crippen LogP contribution is -2.05. The fourth-order valence-electron chi connectivity index (χ4n) is 1.75. The van der Waals surface area contributed by atoms with Crippen molar-refractivity contribution >= 4 is 33.8 Å². The number of hydrogen-bond acceptors (Lipinski definition) is 3. The molecule has 0 saturated heterocycles. The maximum atomic E-state index is 10.4. The summed E-state index contributed by atoms with van der Waals surface area (Å²) < 4.78 is 1.03. The van der Waals surface area contributed by atoms with Gasteiger partial charge in [0.1, 0.15) is 5.54 Å². The van der Waals surface area contributed by atoms with Gasteiger partial charge in [-0.25, -0.2) is 4.79 Å². The molecular weight excluding hydrogens is 274 g/mol. The molecule has 4 heteroatoms. The second kappa shape index (κ2) is 4.12. The van der Waals surface area contributed by atoms with Crippen LogP contribution >= 0.6 is 27.7 Å². The third kappa shape index (κ3) is 1.89. The van der Waals surface area contributed by atoms with Gasteiger partial charge in [-0.2, -0.15) is 4.99 Å². The lowest BCUT2D eigenvalue weighted by molar-refractivity contribution is 0.555. The minimum atomic E-state index is -0.291. The number of rotatable bonds is 3. The van der Waals surface area contributed by atoms with Crippen molar-refractivity contribution < 1.29 is 4.79 Å². The molecule has 1 saturated carbocycles. The molecule has 1 aliphatic carbocycles. The quantitative estimate of drug-likeness (QED) is 0.483. The number of benzene rings is 1. The summed E-state index contributed by atoms with van der Waals surface area (Å²) in [7, 11) is 0. The summed E-state index contributed by atoms with van der Waals surface area (Å²) in [4.78, 5) is 15.6. The molecule has 0 heterocycles. The van der Waals surface area contributed by atoms with E-state index in [2.05, 4.69) is 27.0 Å². The molecule has 1 aromatic carbocycles. The maximum Gasteiger partial charge on any atom is 0.235 e. The molecule has 0 amide bonds. The van der Waals surface area contributed by atoms with Crippen LogP contribution in [0.3, 0.4) is 0 Å². The zero-order valence-electron chi connectivity index (χ0n) is 8.29. The molecule has 2 rings (SSSR count). The predicted molar refractivity (Wildman–Crippen MR) is 65.0 cm³/mol. The van der Waals surface area contributed by atoms with Gasteiger partial charge in [0.2, 0.25) is 6.08 Å². The summed E-state index contributed by atoms with van der Waals surface area (Å²) in [5.41, 5.74) is 0.848. The number of thioether (sulfide) groups is 1. The Labute approximate surface area is 101 Å². The molecule has 0 radical (unpaired) electrons. The fourth-order valence-corrected chi connectivity index (χ4v) is 3.33. The van der Waals surface area contributed by atoms with Crippen LogP contribution in [-0.2, 0) is 10.3 Å². The van der Waals surface area contributed by atoms with Crippen molar-refractivity contribution in [3.8, 4) is 0 Å². The summed E-state index contributed by atoms with van der Waals surface area (Å²) in [6.07, 6.45) is 5.61. The lowest BCUT2D eigenvalue weighted by atomic mass is 10.1. The lowest BCUT2D eigenvalue weighted by Gasteiger charge is -2.14. The van der Waals surface area contributed by atoms with Crippen LogP contribution in [0.15, 0.2) is 32.6 Å². The second-order valence-corrected chi connectivity index (χ2v) is 5.25. The van der Waals surface area contributed by atoms with Crippen molar-refractivity contribution in [2.24, 2.45) is 4.99 Å². The average molecular weight is 284 g/mol. The molecule has 15 heavy (non-hydrogen) atoms. The highest BCUT2D eigenvalue weighted by atomic mass is 79.9. The first-order valence-corrected chi connectivity index (χ1v) is 6.67.